The average molecular weight is 347 g/mol. The number of nitrogens with two attached hydrogens (primary N) is 1. The molecule has 0 saturated carbocycles. The van der Waals surface area contributed by atoms with Crippen LogP contribution in [0.3, 0.4) is 0 Å². The fourth-order valence-corrected chi connectivity index (χ4v) is 3.08. The summed E-state index contributed by atoms with van der Waals surface area (Å²) in [6.45, 7) is 3.70. The van der Waals surface area contributed by atoms with Gasteiger partial charge in [-0.05, 0) is 37.5 Å². The predicted molar refractivity (Wildman–Crippen MR) is 89.3 cm³/mol. The van der Waals surface area contributed by atoms with Gasteiger partial charge in [0.25, 0.3) is 0 Å². The van der Waals surface area contributed by atoms with Crippen molar-refractivity contribution >= 4 is 21.9 Å². The number of rotatable bonds is 3. The minimum Gasteiger partial charge on any atom is -0.337 e. The van der Waals surface area contributed by atoms with E-state index in [9.17, 15) is 0 Å². The number of benzene rings is 1. The van der Waals surface area contributed by atoms with Crippen LogP contribution >= 0.6 is 15.9 Å². The molecule has 0 amide bonds. The summed E-state index contributed by atoms with van der Waals surface area (Å²) in [6, 6.07) is 8.59. The molecule has 1 aliphatic rings. The zero-order valence-electron chi connectivity index (χ0n) is 12.1. The van der Waals surface area contributed by atoms with Gasteiger partial charge in [0.15, 0.2) is 0 Å². The number of halogens is 1. The molecule has 2 aromatic rings. The van der Waals surface area contributed by atoms with Crippen molar-refractivity contribution in [3.8, 4) is 11.3 Å². The van der Waals surface area contributed by atoms with Crippen LogP contribution in [-0.2, 0) is 0 Å². The lowest BCUT2D eigenvalue weighted by atomic mass is 10.1. The molecular formula is C16H19BrN4. The molecule has 110 valence electrons. The summed E-state index contributed by atoms with van der Waals surface area (Å²) in [5.74, 6) is 0.798. The molecule has 0 aliphatic carbocycles. The van der Waals surface area contributed by atoms with Crippen LogP contribution in [0.15, 0.2) is 34.9 Å². The Morgan fingerprint density at radius 2 is 2.10 bits per heavy atom. The van der Waals surface area contributed by atoms with Crippen molar-refractivity contribution in [1.29, 1.82) is 0 Å². The van der Waals surface area contributed by atoms with E-state index in [4.69, 9.17) is 10.7 Å². The first-order valence-electron chi connectivity index (χ1n) is 7.25. The summed E-state index contributed by atoms with van der Waals surface area (Å²) in [7, 11) is 0. The van der Waals surface area contributed by atoms with E-state index in [0.717, 1.165) is 46.6 Å². The van der Waals surface area contributed by atoms with Gasteiger partial charge in [0.1, 0.15) is 0 Å². The second-order valence-corrected chi connectivity index (χ2v) is 6.35. The van der Waals surface area contributed by atoms with Crippen molar-refractivity contribution in [1.82, 2.24) is 9.97 Å². The van der Waals surface area contributed by atoms with E-state index in [-0.39, 0.29) is 0 Å². The molecule has 1 aliphatic heterocycles. The molecule has 1 saturated heterocycles. The highest BCUT2D eigenvalue weighted by atomic mass is 79.9. The van der Waals surface area contributed by atoms with Gasteiger partial charge in [0, 0.05) is 35.4 Å². The molecule has 1 aromatic heterocycles. The van der Waals surface area contributed by atoms with Crippen LogP contribution in [0.2, 0.25) is 0 Å². The Hall–Kier alpha value is -1.46. The van der Waals surface area contributed by atoms with Crippen LogP contribution in [0.5, 0.6) is 0 Å². The fraction of sp³-hybridized carbons (Fsp3) is 0.375. The maximum Gasteiger partial charge on any atom is 0.226 e. The number of hydrogen-bond acceptors (Lipinski definition) is 4. The molecule has 0 bridgehead atoms. The molecule has 21 heavy (non-hydrogen) atoms. The van der Waals surface area contributed by atoms with Crippen LogP contribution in [-0.4, -0.2) is 29.1 Å². The first kappa shape index (κ1) is 14.5. The van der Waals surface area contributed by atoms with Crippen LogP contribution < -0.4 is 10.6 Å². The first-order chi connectivity index (χ1) is 10.2. The first-order valence-corrected chi connectivity index (χ1v) is 8.04. The summed E-state index contributed by atoms with van der Waals surface area (Å²) in [4.78, 5) is 11.5. The third-order valence-corrected chi connectivity index (χ3v) is 4.51. The van der Waals surface area contributed by atoms with Gasteiger partial charge in [-0.25, -0.2) is 9.97 Å². The van der Waals surface area contributed by atoms with Crippen LogP contribution in [0.1, 0.15) is 18.4 Å². The van der Waals surface area contributed by atoms with E-state index in [2.05, 4.69) is 37.9 Å². The van der Waals surface area contributed by atoms with Crippen molar-refractivity contribution in [3.63, 3.8) is 0 Å². The van der Waals surface area contributed by atoms with Crippen molar-refractivity contribution < 1.29 is 0 Å². The molecule has 0 spiro atoms. The van der Waals surface area contributed by atoms with Crippen molar-refractivity contribution in [2.24, 2.45) is 5.73 Å². The highest BCUT2D eigenvalue weighted by Crippen LogP contribution is 2.27. The Kier molecular flexibility index (Phi) is 4.22. The number of anilines is 1. The van der Waals surface area contributed by atoms with Crippen molar-refractivity contribution in [2.45, 2.75) is 25.8 Å². The van der Waals surface area contributed by atoms with Crippen LogP contribution in [0, 0.1) is 6.92 Å². The lowest BCUT2D eigenvalue weighted by Gasteiger charge is -2.24. The standard InChI is InChI=1S/C16H19BrN4/c1-11-10-19-16(21-8-2-3-14(21)9-18)20-15(11)12-4-6-13(17)7-5-12/h4-7,10,14H,2-3,8-9,18H2,1H3. The monoisotopic (exact) mass is 346 g/mol. The van der Waals surface area contributed by atoms with Gasteiger partial charge in [-0.2, -0.15) is 0 Å². The predicted octanol–water partition coefficient (Wildman–Crippen LogP) is 3.14. The number of aryl methyl sites for hydroxylation is 1. The molecule has 1 atom stereocenters. The summed E-state index contributed by atoms with van der Waals surface area (Å²) >= 11 is 3.47. The van der Waals surface area contributed by atoms with Gasteiger partial charge in [-0.15, -0.1) is 0 Å². The lowest BCUT2D eigenvalue weighted by Crippen LogP contribution is -2.36. The van der Waals surface area contributed by atoms with Gasteiger partial charge in [-0.1, -0.05) is 28.1 Å². The Morgan fingerprint density at radius 3 is 2.81 bits per heavy atom. The Balaban J connectivity index is 1.98. The third kappa shape index (κ3) is 2.94. The molecule has 1 aromatic carbocycles. The van der Waals surface area contributed by atoms with Crippen LogP contribution in [0.25, 0.3) is 11.3 Å². The van der Waals surface area contributed by atoms with E-state index >= 15 is 0 Å². The van der Waals surface area contributed by atoms with E-state index in [1.54, 1.807) is 0 Å². The number of hydrogen-bond donors (Lipinski definition) is 1. The molecule has 2 heterocycles. The highest BCUT2D eigenvalue weighted by Gasteiger charge is 2.25. The second-order valence-electron chi connectivity index (χ2n) is 5.43. The SMILES string of the molecule is Cc1cnc(N2CCCC2CN)nc1-c1ccc(Br)cc1. The van der Waals surface area contributed by atoms with Crippen molar-refractivity contribution in [2.75, 3.05) is 18.0 Å². The maximum absolute atomic E-state index is 5.85. The normalized spacial score (nSPS) is 18.2. The molecule has 2 N–H and O–H groups in total. The Bertz CT molecular complexity index is 627. The highest BCUT2D eigenvalue weighted by molar-refractivity contribution is 9.10. The van der Waals surface area contributed by atoms with Gasteiger partial charge in [0.2, 0.25) is 5.95 Å². The summed E-state index contributed by atoms with van der Waals surface area (Å²) in [5, 5.41) is 0. The molecule has 3 rings (SSSR count). The summed E-state index contributed by atoms with van der Waals surface area (Å²) < 4.78 is 1.07. The summed E-state index contributed by atoms with van der Waals surface area (Å²) in [5.41, 5.74) is 9.05. The van der Waals surface area contributed by atoms with Crippen LogP contribution in [0.4, 0.5) is 5.95 Å². The fourth-order valence-electron chi connectivity index (χ4n) is 2.82. The number of aromatic nitrogens is 2. The Morgan fingerprint density at radius 1 is 1.33 bits per heavy atom. The van der Waals surface area contributed by atoms with E-state index < -0.39 is 0 Å². The zero-order chi connectivity index (χ0) is 14.8. The Labute approximate surface area is 133 Å². The molecule has 4 nitrogen and oxygen atoms in total. The van der Waals surface area contributed by atoms with Gasteiger partial charge >= 0.3 is 0 Å². The van der Waals surface area contributed by atoms with Crippen molar-refractivity contribution in [3.05, 3.63) is 40.5 Å². The molecule has 0 radical (unpaired) electrons. The zero-order valence-corrected chi connectivity index (χ0v) is 13.7. The minimum absolute atomic E-state index is 0.366. The quantitative estimate of drug-likeness (QED) is 0.927. The van der Waals surface area contributed by atoms with Gasteiger partial charge in [0.05, 0.1) is 5.69 Å². The largest absolute Gasteiger partial charge is 0.337 e. The second kappa shape index (κ2) is 6.12. The molecule has 1 fully saturated rings. The minimum atomic E-state index is 0.366. The van der Waals surface area contributed by atoms with Gasteiger partial charge < -0.3 is 10.6 Å². The lowest BCUT2D eigenvalue weighted by molar-refractivity contribution is 0.664. The topological polar surface area (TPSA) is 55.0 Å². The maximum atomic E-state index is 5.85. The summed E-state index contributed by atoms with van der Waals surface area (Å²) in [6.07, 6.45) is 4.19. The molecular weight excluding hydrogens is 328 g/mol. The van der Waals surface area contributed by atoms with Gasteiger partial charge in [-0.3, -0.25) is 0 Å². The van der Waals surface area contributed by atoms with E-state index in [1.807, 2.05) is 25.3 Å². The smallest absolute Gasteiger partial charge is 0.226 e. The molecule has 5 heteroatoms. The third-order valence-electron chi connectivity index (χ3n) is 3.98. The molecule has 1 unspecified atom stereocenters. The average Bonchev–Trinajstić information content (AvgIpc) is 2.97. The van der Waals surface area contributed by atoms with E-state index in [0.29, 0.717) is 12.6 Å². The van der Waals surface area contributed by atoms with E-state index in [1.165, 1.54) is 0 Å². The number of nitrogens with zero attached hydrogens (tertiary/aromatic N) is 3.